The van der Waals surface area contributed by atoms with E-state index in [2.05, 4.69) is 5.32 Å². The Labute approximate surface area is 221 Å². The predicted molar refractivity (Wildman–Crippen MR) is 143 cm³/mol. The molecule has 0 spiro atoms. The second-order valence-corrected chi connectivity index (χ2v) is 8.95. The highest BCUT2D eigenvalue weighted by atomic mass is 32.1. The van der Waals surface area contributed by atoms with Crippen molar-refractivity contribution in [1.82, 2.24) is 0 Å². The number of ether oxygens (including phenoxy) is 1. The molecule has 0 aliphatic carbocycles. The van der Waals surface area contributed by atoms with E-state index in [0.29, 0.717) is 16.9 Å². The molecular formula is C28H21N3O6S. The number of amides is 1. The summed E-state index contributed by atoms with van der Waals surface area (Å²) in [5, 5.41) is 25.4. The summed E-state index contributed by atoms with van der Waals surface area (Å²) in [6.07, 6.45) is 1.26. The van der Waals surface area contributed by atoms with Crippen LogP contribution in [0.4, 0.5) is 10.7 Å². The van der Waals surface area contributed by atoms with Crippen LogP contribution in [0.15, 0.2) is 76.0 Å². The lowest BCUT2D eigenvalue weighted by atomic mass is 10.0. The maximum Gasteiger partial charge on any atom is 0.341 e. The summed E-state index contributed by atoms with van der Waals surface area (Å²) in [5.74, 6) is -0.781. The minimum absolute atomic E-state index is 0.0913. The van der Waals surface area contributed by atoms with Crippen molar-refractivity contribution in [3.8, 4) is 28.5 Å². The van der Waals surface area contributed by atoms with Crippen LogP contribution in [-0.4, -0.2) is 23.4 Å². The SMILES string of the molecule is CCOC(=O)c1c(-c2ccc(C)cc2)csc1NC(=O)/C(C#N)=C/c1ccc(-c2cccc([N+](=O)[O-])c2)o1. The lowest BCUT2D eigenvalue weighted by molar-refractivity contribution is -0.384. The molecule has 0 aliphatic heterocycles. The van der Waals surface area contributed by atoms with Crippen LogP contribution in [-0.2, 0) is 9.53 Å². The molecule has 190 valence electrons. The Hall–Kier alpha value is -5.01. The maximum absolute atomic E-state index is 13.0. The summed E-state index contributed by atoms with van der Waals surface area (Å²) in [7, 11) is 0. The molecule has 2 aromatic heterocycles. The lowest BCUT2D eigenvalue weighted by Crippen LogP contribution is -2.16. The number of aryl methyl sites for hydroxylation is 1. The van der Waals surface area contributed by atoms with Gasteiger partial charge in [0, 0.05) is 34.7 Å². The minimum atomic E-state index is -0.733. The van der Waals surface area contributed by atoms with E-state index in [1.54, 1.807) is 30.5 Å². The first-order valence-corrected chi connectivity index (χ1v) is 12.3. The van der Waals surface area contributed by atoms with Gasteiger partial charge in [0.25, 0.3) is 11.6 Å². The second-order valence-electron chi connectivity index (χ2n) is 8.07. The number of thiophene rings is 1. The van der Waals surface area contributed by atoms with Gasteiger partial charge < -0.3 is 14.5 Å². The molecular weight excluding hydrogens is 506 g/mol. The van der Waals surface area contributed by atoms with Gasteiger partial charge in [-0.05, 0) is 31.5 Å². The number of non-ortho nitro benzene ring substituents is 1. The molecule has 0 atom stereocenters. The summed E-state index contributed by atoms with van der Waals surface area (Å²) >= 11 is 1.15. The van der Waals surface area contributed by atoms with Crippen molar-refractivity contribution in [3.63, 3.8) is 0 Å². The Morgan fingerprint density at radius 3 is 2.61 bits per heavy atom. The van der Waals surface area contributed by atoms with Gasteiger partial charge >= 0.3 is 5.97 Å². The molecule has 4 rings (SSSR count). The third kappa shape index (κ3) is 5.69. The molecule has 1 N–H and O–H groups in total. The number of nitro groups is 1. The van der Waals surface area contributed by atoms with Gasteiger partial charge in [0.1, 0.15) is 33.7 Å². The Morgan fingerprint density at radius 2 is 1.92 bits per heavy atom. The average molecular weight is 528 g/mol. The van der Waals surface area contributed by atoms with Crippen molar-refractivity contribution in [1.29, 1.82) is 5.26 Å². The lowest BCUT2D eigenvalue weighted by Gasteiger charge is -2.09. The molecule has 4 aromatic rings. The molecule has 2 heterocycles. The Bertz CT molecular complexity index is 1590. The minimum Gasteiger partial charge on any atom is -0.462 e. The Kier molecular flexibility index (Phi) is 7.80. The number of esters is 1. The number of nitrogens with zero attached hydrogens (tertiary/aromatic N) is 2. The number of nitrogens with one attached hydrogen (secondary N) is 1. The van der Waals surface area contributed by atoms with Crippen molar-refractivity contribution in [2.24, 2.45) is 0 Å². The number of nitro benzene ring substituents is 1. The van der Waals surface area contributed by atoms with Gasteiger partial charge in [-0.2, -0.15) is 5.26 Å². The molecule has 0 radical (unpaired) electrons. The number of nitriles is 1. The monoisotopic (exact) mass is 527 g/mol. The van der Waals surface area contributed by atoms with Gasteiger partial charge in [0.2, 0.25) is 0 Å². The first-order chi connectivity index (χ1) is 18.3. The van der Waals surface area contributed by atoms with Gasteiger partial charge in [-0.15, -0.1) is 11.3 Å². The van der Waals surface area contributed by atoms with E-state index in [1.165, 1.54) is 24.3 Å². The highest BCUT2D eigenvalue weighted by Gasteiger charge is 2.24. The molecule has 9 nitrogen and oxygen atoms in total. The van der Waals surface area contributed by atoms with Gasteiger partial charge in [-0.25, -0.2) is 4.79 Å². The van der Waals surface area contributed by atoms with Crippen molar-refractivity contribution >= 4 is 40.0 Å². The molecule has 0 unspecified atom stereocenters. The second kappa shape index (κ2) is 11.4. The Morgan fingerprint density at radius 1 is 1.16 bits per heavy atom. The number of carbonyl (C=O) groups is 2. The molecule has 0 aliphatic rings. The number of benzene rings is 2. The van der Waals surface area contributed by atoms with E-state index >= 15 is 0 Å². The molecule has 1 amide bonds. The molecule has 2 aromatic carbocycles. The summed E-state index contributed by atoms with van der Waals surface area (Å²) in [4.78, 5) is 36.3. The molecule has 0 bridgehead atoms. The van der Waals surface area contributed by atoms with Gasteiger partial charge in [-0.3, -0.25) is 14.9 Å². The van der Waals surface area contributed by atoms with Crippen LogP contribution in [0, 0.1) is 28.4 Å². The highest BCUT2D eigenvalue weighted by molar-refractivity contribution is 7.15. The fourth-order valence-corrected chi connectivity index (χ4v) is 4.57. The van der Waals surface area contributed by atoms with Gasteiger partial charge in [-0.1, -0.05) is 42.0 Å². The number of hydrogen-bond acceptors (Lipinski definition) is 8. The molecule has 38 heavy (non-hydrogen) atoms. The highest BCUT2D eigenvalue weighted by Crippen LogP contribution is 2.37. The average Bonchev–Trinajstić information content (AvgIpc) is 3.55. The molecule has 10 heteroatoms. The van der Waals surface area contributed by atoms with E-state index in [-0.39, 0.29) is 34.2 Å². The smallest absolute Gasteiger partial charge is 0.341 e. The van der Waals surface area contributed by atoms with Crippen LogP contribution >= 0.6 is 11.3 Å². The normalized spacial score (nSPS) is 11.0. The van der Waals surface area contributed by atoms with E-state index in [4.69, 9.17) is 9.15 Å². The van der Waals surface area contributed by atoms with E-state index in [9.17, 15) is 25.0 Å². The number of carbonyl (C=O) groups excluding carboxylic acids is 2. The van der Waals surface area contributed by atoms with Crippen molar-refractivity contribution in [3.05, 3.63) is 98.6 Å². The van der Waals surface area contributed by atoms with Crippen LogP contribution < -0.4 is 5.32 Å². The van der Waals surface area contributed by atoms with Crippen LogP contribution in [0.1, 0.15) is 28.6 Å². The number of furan rings is 1. The van der Waals surface area contributed by atoms with Crippen molar-refractivity contribution < 1.29 is 23.7 Å². The summed E-state index contributed by atoms with van der Waals surface area (Å²) < 4.78 is 10.9. The summed E-state index contributed by atoms with van der Waals surface area (Å²) in [6.45, 7) is 3.80. The van der Waals surface area contributed by atoms with Gasteiger partial charge in [0.15, 0.2) is 0 Å². The van der Waals surface area contributed by atoms with Crippen LogP contribution in [0.5, 0.6) is 0 Å². The molecule has 0 fully saturated rings. The van der Waals surface area contributed by atoms with Crippen molar-refractivity contribution in [2.75, 3.05) is 11.9 Å². The predicted octanol–water partition coefficient (Wildman–Crippen LogP) is 6.61. The maximum atomic E-state index is 13.0. The third-order valence-corrected chi connectivity index (χ3v) is 6.38. The zero-order valence-electron chi connectivity index (χ0n) is 20.4. The van der Waals surface area contributed by atoms with E-state index < -0.39 is 16.8 Å². The fraction of sp³-hybridized carbons (Fsp3) is 0.107. The van der Waals surface area contributed by atoms with E-state index in [0.717, 1.165) is 22.5 Å². The zero-order valence-corrected chi connectivity index (χ0v) is 21.2. The molecule has 0 saturated carbocycles. The Balaban J connectivity index is 1.61. The van der Waals surface area contributed by atoms with Crippen LogP contribution in [0.2, 0.25) is 0 Å². The largest absolute Gasteiger partial charge is 0.462 e. The van der Waals surface area contributed by atoms with Gasteiger partial charge in [0.05, 0.1) is 11.5 Å². The first-order valence-electron chi connectivity index (χ1n) is 11.4. The number of rotatable bonds is 8. The number of hydrogen-bond donors (Lipinski definition) is 1. The van der Waals surface area contributed by atoms with E-state index in [1.807, 2.05) is 37.3 Å². The molecule has 0 saturated heterocycles. The van der Waals surface area contributed by atoms with Crippen LogP contribution in [0.25, 0.3) is 28.5 Å². The summed E-state index contributed by atoms with van der Waals surface area (Å²) in [5.41, 5.74) is 2.79. The number of anilines is 1. The quantitative estimate of drug-likeness (QED) is 0.0894. The topological polar surface area (TPSA) is 135 Å². The van der Waals surface area contributed by atoms with Crippen LogP contribution in [0.3, 0.4) is 0 Å². The summed E-state index contributed by atoms with van der Waals surface area (Å²) in [6, 6.07) is 18.5. The standard InChI is InChI=1S/C28H21N3O6S/c1-3-36-28(33)25-23(18-9-7-17(2)8-10-18)16-38-27(25)30-26(32)20(15-29)14-22-11-12-24(37-22)19-5-4-6-21(13-19)31(34)35/h4-14,16H,3H2,1-2H3,(H,30,32)/b20-14+. The first kappa shape index (κ1) is 26.1. The van der Waals surface area contributed by atoms with Crippen molar-refractivity contribution in [2.45, 2.75) is 13.8 Å². The zero-order chi connectivity index (χ0) is 27.2. The third-order valence-electron chi connectivity index (χ3n) is 5.48. The fourth-order valence-electron chi connectivity index (χ4n) is 3.62.